The Morgan fingerprint density at radius 1 is 1.25 bits per heavy atom. The van der Waals surface area contributed by atoms with Gasteiger partial charge < -0.3 is 14.8 Å². The van der Waals surface area contributed by atoms with Crippen LogP contribution in [-0.4, -0.2) is 31.1 Å². The molecular weight excluding hydrogens is 330 g/mol. The van der Waals surface area contributed by atoms with Gasteiger partial charge in [0.2, 0.25) is 0 Å². The molecule has 1 aromatic rings. The number of carbonyl (C=O) groups excluding carboxylic acids is 3. The van der Waals surface area contributed by atoms with Gasteiger partial charge in [-0.3, -0.25) is 9.59 Å². The minimum Gasteiger partial charge on any atom is -0.462 e. The maximum Gasteiger partial charge on any atom is 0.341 e. The summed E-state index contributed by atoms with van der Waals surface area (Å²) >= 11 is 1.33. The lowest BCUT2D eigenvalue weighted by molar-refractivity contribution is -0.148. The van der Waals surface area contributed by atoms with Gasteiger partial charge in [0, 0.05) is 4.88 Å². The van der Waals surface area contributed by atoms with E-state index in [1.165, 1.54) is 11.3 Å². The molecule has 1 heterocycles. The van der Waals surface area contributed by atoms with Crippen LogP contribution < -0.4 is 5.32 Å². The fraction of sp³-hybridized carbons (Fsp3) is 0.588. The van der Waals surface area contributed by atoms with Crippen LogP contribution in [0.1, 0.15) is 48.0 Å². The maximum absolute atomic E-state index is 12.2. The topological polar surface area (TPSA) is 81.7 Å². The van der Waals surface area contributed by atoms with E-state index >= 15 is 0 Å². The molecule has 132 valence electrons. The van der Waals surface area contributed by atoms with Crippen LogP contribution in [0, 0.1) is 18.8 Å². The van der Waals surface area contributed by atoms with E-state index in [4.69, 9.17) is 9.47 Å². The van der Waals surface area contributed by atoms with Crippen molar-refractivity contribution in [3.8, 4) is 0 Å². The molecule has 0 aromatic carbocycles. The molecule has 1 N–H and O–H groups in total. The van der Waals surface area contributed by atoms with E-state index in [0.717, 1.165) is 16.9 Å². The summed E-state index contributed by atoms with van der Waals surface area (Å²) in [5.74, 6) is -0.976. The number of thiophene rings is 1. The summed E-state index contributed by atoms with van der Waals surface area (Å²) in [7, 11) is 0. The van der Waals surface area contributed by atoms with Crippen molar-refractivity contribution >= 4 is 34.2 Å². The van der Waals surface area contributed by atoms with Gasteiger partial charge >= 0.3 is 11.9 Å². The van der Waals surface area contributed by atoms with Gasteiger partial charge in [-0.1, -0.05) is 13.8 Å². The molecule has 24 heavy (non-hydrogen) atoms. The Labute approximate surface area is 145 Å². The number of carbonyl (C=O) groups is 3. The van der Waals surface area contributed by atoms with E-state index in [1.807, 2.05) is 20.8 Å². The summed E-state index contributed by atoms with van der Waals surface area (Å²) in [5, 5.41) is 3.12. The highest BCUT2D eigenvalue weighted by molar-refractivity contribution is 7.16. The summed E-state index contributed by atoms with van der Waals surface area (Å²) in [5.41, 5.74) is 1.27. The fourth-order valence-corrected chi connectivity index (χ4v) is 3.72. The Morgan fingerprint density at radius 3 is 2.46 bits per heavy atom. The van der Waals surface area contributed by atoms with Crippen LogP contribution in [0.4, 0.5) is 5.00 Å². The van der Waals surface area contributed by atoms with Crippen molar-refractivity contribution in [1.82, 2.24) is 0 Å². The second-order valence-electron chi connectivity index (χ2n) is 5.89. The number of hydrogen-bond acceptors (Lipinski definition) is 6. The minimum atomic E-state index is -0.453. The van der Waals surface area contributed by atoms with Gasteiger partial charge in [0.15, 0.2) is 6.61 Å². The Balaban J connectivity index is 2.03. The largest absolute Gasteiger partial charge is 0.462 e. The molecule has 1 fully saturated rings. The van der Waals surface area contributed by atoms with Crippen molar-refractivity contribution in [2.45, 2.75) is 40.5 Å². The van der Waals surface area contributed by atoms with Gasteiger partial charge in [0.25, 0.3) is 5.91 Å². The SMILES string of the molecule is CCOC(=O)c1c(NC(=O)COC(=O)[C@H]2C[C@H]2C)sc(C)c1CC. The van der Waals surface area contributed by atoms with Gasteiger partial charge in [0.05, 0.1) is 18.1 Å². The molecule has 2 rings (SSSR count). The van der Waals surface area contributed by atoms with Crippen LogP contribution >= 0.6 is 11.3 Å². The van der Waals surface area contributed by atoms with Crippen molar-refractivity contribution in [3.63, 3.8) is 0 Å². The predicted octanol–water partition coefficient (Wildman–Crippen LogP) is 2.93. The first-order chi connectivity index (χ1) is 11.4. The molecule has 0 radical (unpaired) electrons. The van der Waals surface area contributed by atoms with Crippen LogP contribution in [0.3, 0.4) is 0 Å². The molecule has 1 aliphatic rings. The van der Waals surface area contributed by atoms with Crippen LogP contribution in [0.5, 0.6) is 0 Å². The zero-order valence-corrected chi connectivity index (χ0v) is 15.2. The lowest BCUT2D eigenvalue weighted by atomic mass is 10.1. The maximum atomic E-state index is 12.2. The lowest BCUT2D eigenvalue weighted by Crippen LogP contribution is -2.22. The van der Waals surface area contributed by atoms with Gasteiger partial charge in [-0.05, 0) is 38.2 Å². The first-order valence-electron chi connectivity index (χ1n) is 8.14. The Bertz CT molecular complexity index is 652. The molecule has 1 aromatic heterocycles. The molecule has 0 aliphatic heterocycles. The van der Waals surface area contributed by atoms with E-state index in [2.05, 4.69) is 5.32 Å². The zero-order valence-electron chi connectivity index (χ0n) is 14.4. The van der Waals surface area contributed by atoms with Crippen LogP contribution in [0.15, 0.2) is 0 Å². The monoisotopic (exact) mass is 353 g/mol. The Kier molecular flexibility index (Phi) is 5.99. The summed E-state index contributed by atoms with van der Waals surface area (Å²) < 4.78 is 10.1. The summed E-state index contributed by atoms with van der Waals surface area (Å²) in [4.78, 5) is 36.9. The lowest BCUT2D eigenvalue weighted by Gasteiger charge is -2.08. The number of ether oxygens (including phenoxy) is 2. The summed E-state index contributed by atoms with van der Waals surface area (Å²) in [6.07, 6.45) is 1.48. The number of esters is 2. The van der Waals surface area contributed by atoms with E-state index in [9.17, 15) is 14.4 Å². The molecule has 6 nitrogen and oxygen atoms in total. The first-order valence-corrected chi connectivity index (χ1v) is 8.96. The number of hydrogen-bond donors (Lipinski definition) is 1. The summed E-state index contributed by atoms with van der Waals surface area (Å²) in [6, 6.07) is 0. The average Bonchev–Trinajstić information content (AvgIpc) is 3.17. The van der Waals surface area contributed by atoms with Crippen molar-refractivity contribution in [1.29, 1.82) is 0 Å². The van der Waals surface area contributed by atoms with Crippen molar-refractivity contribution < 1.29 is 23.9 Å². The fourth-order valence-electron chi connectivity index (χ4n) is 2.57. The van der Waals surface area contributed by atoms with Gasteiger partial charge in [0.1, 0.15) is 5.00 Å². The van der Waals surface area contributed by atoms with Crippen molar-refractivity contribution in [2.24, 2.45) is 11.8 Å². The van der Waals surface area contributed by atoms with Crippen LogP contribution in [-0.2, 0) is 25.5 Å². The van der Waals surface area contributed by atoms with E-state index in [0.29, 0.717) is 22.9 Å². The number of amides is 1. The van der Waals surface area contributed by atoms with E-state index < -0.39 is 11.9 Å². The molecule has 0 unspecified atom stereocenters. The second kappa shape index (κ2) is 7.79. The third-order valence-corrected chi connectivity index (χ3v) is 5.12. The molecule has 1 amide bonds. The van der Waals surface area contributed by atoms with Crippen LogP contribution in [0.2, 0.25) is 0 Å². The van der Waals surface area contributed by atoms with Crippen molar-refractivity contribution in [3.05, 3.63) is 16.0 Å². The number of rotatable bonds is 7. The Morgan fingerprint density at radius 2 is 1.92 bits per heavy atom. The second-order valence-corrected chi connectivity index (χ2v) is 7.12. The Hall–Kier alpha value is -1.89. The zero-order chi connectivity index (χ0) is 17.9. The van der Waals surface area contributed by atoms with Crippen molar-refractivity contribution in [2.75, 3.05) is 18.5 Å². The third kappa shape index (κ3) is 4.14. The summed E-state index contributed by atoms with van der Waals surface area (Å²) in [6.45, 7) is 7.47. The highest BCUT2D eigenvalue weighted by atomic mass is 32.1. The molecule has 0 bridgehead atoms. The average molecular weight is 353 g/mol. The highest BCUT2D eigenvalue weighted by Crippen LogP contribution is 2.38. The normalized spacial score (nSPS) is 18.8. The van der Waals surface area contributed by atoms with Gasteiger partial charge in [-0.25, -0.2) is 4.79 Å². The van der Waals surface area contributed by atoms with E-state index in [1.54, 1.807) is 6.92 Å². The van der Waals surface area contributed by atoms with Crippen LogP contribution in [0.25, 0.3) is 0 Å². The predicted molar refractivity (Wildman–Crippen MR) is 91.3 cm³/mol. The smallest absolute Gasteiger partial charge is 0.341 e. The van der Waals surface area contributed by atoms with Gasteiger partial charge in [-0.2, -0.15) is 0 Å². The molecule has 1 aliphatic carbocycles. The standard InChI is InChI=1S/C17H23NO5S/c1-5-11-10(4)24-15(14(11)17(21)22-6-2)18-13(19)8-23-16(20)12-7-9(12)3/h9,12H,5-8H2,1-4H3,(H,18,19)/t9-,12+/m1/s1. The minimum absolute atomic E-state index is 0.0800. The first kappa shape index (κ1) is 18.4. The van der Waals surface area contributed by atoms with Gasteiger partial charge in [-0.15, -0.1) is 11.3 Å². The number of anilines is 1. The number of aryl methyl sites for hydroxylation is 1. The van der Waals surface area contributed by atoms with E-state index in [-0.39, 0.29) is 25.1 Å². The molecule has 7 heteroatoms. The molecule has 0 saturated heterocycles. The highest BCUT2D eigenvalue weighted by Gasteiger charge is 2.40. The molecular formula is C17H23NO5S. The quantitative estimate of drug-likeness (QED) is 0.762. The molecule has 0 spiro atoms. The third-order valence-electron chi connectivity index (χ3n) is 4.05. The number of nitrogens with one attached hydrogen (secondary N) is 1. The molecule has 2 atom stereocenters. The molecule has 1 saturated carbocycles.